The summed E-state index contributed by atoms with van der Waals surface area (Å²) in [4.78, 5) is 12.4. The van der Waals surface area contributed by atoms with Crippen LogP contribution in [0.1, 0.15) is 0 Å². The summed E-state index contributed by atoms with van der Waals surface area (Å²) in [6, 6.07) is 21.7. The van der Waals surface area contributed by atoms with Crippen LogP contribution in [0.2, 0.25) is 0 Å². The number of hydrogen-bond acceptors (Lipinski definition) is 5. The lowest BCUT2D eigenvalue weighted by Crippen LogP contribution is -2.63. The van der Waals surface area contributed by atoms with E-state index in [0.717, 1.165) is 42.5 Å². The molecule has 45 heavy (non-hydrogen) atoms. The zero-order valence-corrected chi connectivity index (χ0v) is 23.7. The normalized spacial score (nSPS) is 14.2. The van der Waals surface area contributed by atoms with Crippen molar-refractivity contribution in [3.63, 3.8) is 0 Å². The fraction of sp³-hybridized carbons (Fsp3) is 0.138. The Hall–Kier alpha value is -4.02. The van der Waals surface area contributed by atoms with Crippen molar-refractivity contribution in [1.29, 1.82) is 0 Å². The minimum Gasteiger partial charge on any atom is -0.456 e. The van der Waals surface area contributed by atoms with Gasteiger partial charge in [-0.15, -0.1) is 0 Å². The van der Waals surface area contributed by atoms with Crippen molar-refractivity contribution in [2.24, 2.45) is 0 Å². The molecule has 5 aromatic rings. The maximum atomic E-state index is 15.1. The Bertz CT molecular complexity index is 2010. The average molecular weight is 681 g/mol. The van der Waals surface area contributed by atoms with E-state index in [-0.39, 0.29) is 31.7 Å². The van der Waals surface area contributed by atoms with Crippen LogP contribution in [0.4, 0.5) is 39.5 Å². The Balaban J connectivity index is 1.84. The molecule has 0 saturated carbocycles. The van der Waals surface area contributed by atoms with E-state index in [2.05, 4.69) is 0 Å². The van der Waals surface area contributed by atoms with Crippen LogP contribution in [-0.2, 0) is 13.7 Å². The predicted octanol–water partition coefficient (Wildman–Crippen LogP) is 8.91. The van der Waals surface area contributed by atoms with Gasteiger partial charge < -0.3 is 4.42 Å². The lowest BCUT2D eigenvalue weighted by Gasteiger charge is -2.41. The lowest BCUT2D eigenvalue weighted by atomic mass is 10.1. The lowest BCUT2D eigenvalue weighted by molar-refractivity contribution is -0.382. The van der Waals surface area contributed by atoms with Gasteiger partial charge in [0.25, 0.3) is 0 Å². The number of para-hydroxylation sites is 1. The summed E-state index contributed by atoms with van der Waals surface area (Å²) in [6.07, 6.45) is -7.27. The van der Waals surface area contributed by atoms with Crippen molar-refractivity contribution < 1.29 is 56.0 Å². The van der Waals surface area contributed by atoms with Gasteiger partial charge in [-0.05, 0) is 64.9 Å². The van der Waals surface area contributed by atoms with Gasteiger partial charge in [0.15, 0.2) is 0 Å². The summed E-state index contributed by atoms with van der Waals surface area (Å²) in [7, 11) is -11.7. The molecule has 4 aromatic carbocycles. The first-order chi connectivity index (χ1) is 20.9. The topological polar surface area (TPSA) is 73.6 Å². The molecule has 0 amide bonds. The van der Waals surface area contributed by atoms with Crippen LogP contribution in [0.3, 0.4) is 0 Å². The van der Waals surface area contributed by atoms with E-state index >= 15 is 8.78 Å². The van der Waals surface area contributed by atoms with Gasteiger partial charge >= 0.3 is 33.4 Å². The molecule has 0 aliphatic rings. The Morgan fingerprint density at radius 2 is 1.04 bits per heavy atom. The first-order valence-electron chi connectivity index (χ1n) is 12.4. The molecule has 0 N–H and O–H groups in total. The van der Waals surface area contributed by atoms with Crippen LogP contribution in [0, 0.1) is 0 Å². The molecule has 238 valence electrons. The van der Waals surface area contributed by atoms with Crippen LogP contribution < -0.4 is 5.43 Å². The van der Waals surface area contributed by atoms with Crippen molar-refractivity contribution >= 4 is 42.4 Å². The minimum absolute atomic E-state index is 0.0521. The van der Waals surface area contributed by atoms with Gasteiger partial charge in [0, 0.05) is 14.7 Å². The standard InChI is InChI=1S/C29H17F9O5S2/c30-26(31,28(34,35)36)27(32,33)29(37,38)45(40,41)43-44(18-9-3-1-4-10-18,19-11-5-2-6-12-19)20-15-16-24-22(17-20)25(39)21-13-7-8-14-23(21)42-24/h1-17H. The second-order valence-electron chi connectivity index (χ2n) is 9.45. The monoisotopic (exact) mass is 680 g/mol. The van der Waals surface area contributed by atoms with Gasteiger partial charge in [-0.3, -0.25) is 4.79 Å². The predicted molar refractivity (Wildman–Crippen MR) is 146 cm³/mol. The highest BCUT2D eigenvalue weighted by molar-refractivity contribution is 8.33. The van der Waals surface area contributed by atoms with Gasteiger partial charge in [-0.25, -0.2) is 3.63 Å². The third kappa shape index (κ3) is 4.95. The highest BCUT2D eigenvalue weighted by Crippen LogP contribution is 2.71. The highest BCUT2D eigenvalue weighted by Gasteiger charge is 2.86. The van der Waals surface area contributed by atoms with Gasteiger partial charge in [0.2, 0.25) is 5.43 Å². The number of hydrogen-bond donors (Lipinski definition) is 0. The van der Waals surface area contributed by atoms with E-state index in [9.17, 15) is 43.9 Å². The molecule has 0 atom stereocenters. The molecule has 0 fully saturated rings. The first-order valence-corrected chi connectivity index (χ1v) is 15.4. The fourth-order valence-electron chi connectivity index (χ4n) is 4.41. The summed E-state index contributed by atoms with van der Waals surface area (Å²) in [5.41, 5.74) is -0.590. The first kappa shape index (κ1) is 32.4. The second-order valence-corrected chi connectivity index (χ2v) is 13.9. The quantitative estimate of drug-likeness (QED) is 0.121. The summed E-state index contributed by atoms with van der Waals surface area (Å²) < 4.78 is 162. The number of benzene rings is 4. The summed E-state index contributed by atoms with van der Waals surface area (Å²) in [5.74, 6) is -15.0. The molecule has 1 heterocycles. The Morgan fingerprint density at radius 3 is 1.58 bits per heavy atom. The van der Waals surface area contributed by atoms with Crippen LogP contribution >= 0.6 is 10.3 Å². The van der Waals surface area contributed by atoms with Gasteiger partial charge in [0.05, 0.1) is 10.8 Å². The zero-order valence-electron chi connectivity index (χ0n) is 22.1. The molecule has 0 aliphatic carbocycles. The molecular formula is C29H17F9O5S2. The highest BCUT2D eigenvalue weighted by atomic mass is 32.3. The Kier molecular flexibility index (Phi) is 7.77. The van der Waals surface area contributed by atoms with E-state index in [1.807, 2.05) is 0 Å². The zero-order chi connectivity index (χ0) is 33.1. The summed E-state index contributed by atoms with van der Waals surface area (Å²) in [6.45, 7) is 0. The third-order valence-electron chi connectivity index (χ3n) is 6.65. The largest absolute Gasteiger partial charge is 0.460 e. The van der Waals surface area contributed by atoms with E-state index < -0.39 is 54.0 Å². The number of halogens is 9. The van der Waals surface area contributed by atoms with E-state index in [0.29, 0.717) is 0 Å². The molecule has 0 radical (unpaired) electrons. The molecular weight excluding hydrogens is 663 g/mol. The average Bonchev–Trinajstić information content (AvgIpc) is 3.00. The Labute approximate surface area is 249 Å². The van der Waals surface area contributed by atoms with Crippen LogP contribution in [0.5, 0.6) is 0 Å². The summed E-state index contributed by atoms with van der Waals surface area (Å²) in [5, 5.41) is -7.32. The summed E-state index contributed by atoms with van der Waals surface area (Å²) >= 11 is 0. The molecule has 5 nitrogen and oxygen atoms in total. The Morgan fingerprint density at radius 1 is 0.556 bits per heavy atom. The van der Waals surface area contributed by atoms with E-state index in [1.54, 1.807) is 6.07 Å². The SMILES string of the molecule is O=c1c2ccccc2oc2ccc(S(OS(=O)(=O)C(F)(F)C(F)(F)C(F)(F)C(F)(F)F)(c3ccccc3)c3ccccc3)cc12. The third-order valence-corrected chi connectivity index (χ3v) is 11.9. The van der Waals surface area contributed by atoms with Crippen molar-refractivity contribution in [3.05, 3.63) is 113 Å². The second kappa shape index (κ2) is 10.8. The van der Waals surface area contributed by atoms with E-state index in [1.165, 1.54) is 54.6 Å². The smallest absolute Gasteiger partial charge is 0.456 e. The van der Waals surface area contributed by atoms with Gasteiger partial charge in [0.1, 0.15) is 11.2 Å². The van der Waals surface area contributed by atoms with Crippen molar-refractivity contribution in [3.8, 4) is 0 Å². The minimum atomic E-state index is -7.53. The van der Waals surface area contributed by atoms with Crippen molar-refractivity contribution in [2.45, 2.75) is 38.0 Å². The molecule has 0 unspecified atom stereocenters. The van der Waals surface area contributed by atoms with Crippen molar-refractivity contribution in [1.82, 2.24) is 0 Å². The number of alkyl halides is 9. The molecule has 1 aromatic heterocycles. The molecule has 0 saturated heterocycles. The van der Waals surface area contributed by atoms with Crippen LogP contribution in [0.25, 0.3) is 21.9 Å². The van der Waals surface area contributed by atoms with Gasteiger partial charge in [-0.2, -0.15) is 47.9 Å². The van der Waals surface area contributed by atoms with Crippen molar-refractivity contribution in [2.75, 3.05) is 0 Å². The van der Waals surface area contributed by atoms with Crippen LogP contribution in [-0.4, -0.2) is 31.7 Å². The van der Waals surface area contributed by atoms with E-state index in [4.69, 9.17) is 8.05 Å². The number of fused-ring (bicyclic) bond motifs is 2. The van der Waals surface area contributed by atoms with Crippen LogP contribution in [0.15, 0.2) is 127 Å². The molecule has 16 heteroatoms. The molecule has 0 bridgehead atoms. The maximum Gasteiger partial charge on any atom is 0.460 e. The fourth-order valence-corrected chi connectivity index (χ4v) is 9.65. The molecule has 5 rings (SSSR count). The number of rotatable bonds is 8. The van der Waals surface area contributed by atoms with Gasteiger partial charge in [-0.1, -0.05) is 48.5 Å². The molecule has 0 spiro atoms. The molecule has 0 aliphatic heterocycles. The maximum absolute atomic E-state index is 15.1.